The molecule has 0 aromatic rings. The van der Waals surface area contributed by atoms with Gasteiger partial charge in [0.1, 0.15) is 0 Å². The lowest BCUT2D eigenvalue weighted by atomic mass is 10.1. The van der Waals surface area contributed by atoms with Gasteiger partial charge in [-0.2, -0.15) is 0 Å². The molecule has 2 rings (SSSR count). The summed E-state index contributed by atoms with van der Waals surface area (Å²) in [5.41, 5.74) is 5.76. The third-order valence-electron chi connectivity index (χ3n) is 4.09. The van der Waals surface area contributed by atoms with Gasteiger partial charge in [0.05, 0.1) is 6.61 Å². The number of nitrogens with two attached hydrogens (primary N) is 1. The molecule has 94 valence electrons. The van der Waals surface area contributed by atoms with Crippen LogP contribution < -0.4 is 5.73 Å². The van der Waals surface area contributed by atoms with Crippen LogP contribution in [0.2, 0.25) is 0 Å². The SMILES string of the molecule is CC1CN2CCCC2CN1CCC(N)CO. The van der Waals surface area contributed by atoms with Crippen molar-refractivity contribution < 1.29 is 5.11 Å². The van der Waals surface area contributed by atoms with Gasteiger partial charge in [-0.25, -0.2) is 0 Å². The first-order chi connectivity index (χ1) is 7.70. The van der Waals surface area contributed by atoms with Crippen molar-refractivity contribution in [1.82, 2.24) is 9.80 Å². The van der Waals surface area contributed by atoms with E-state index < -0.39 is 0 Å². The molecular weight excluding hydrogens is 202 g/mol. The molecule has 4 heteroatoms. The molecule has 0 bridgehead atoms. The topological polar surface area (TPSA) is 52.7 Å². The molecule has 2 fully saturated rings. The summed E-state index contributed by atoms with van der Waals surface area (Å²) < 4.78 is 0. The molecule has 0 saturated carbocycles. The molecule has 0 spiro atoms. The Kier molecular flexibility index (Phi) is 4.19. The van der Waals surface area contributed by atoms with Crippen LogP contribution in [0.15, 0.2) is 0 Å². The second kappa shape index (κ2) is 5.45. The number of fused-ring (bicyclic) bond motifs is 1. The lowest BCUT2D eigenvalue weighted by molar-refractivity contribution is 0.0561. The van der Waals surface area contributed by atoms with Crippen molar-refractivity contribution in [3.05, 3.63) is 0 Å². The second-order valence-corrected chi connectivity index (χ2v) is 5.37. The number of aliphatic hydroxyl groups is 1. The molecule has 2 aliphatic rings. The molecular formula is C12H25N3O. The first-order valence-electron chi connectivity index (χ1n) is 6.55. The third-order valence-corrected chi connectivity index (χ3v) is 4.09. The Hall–Kier alpha value is -0.160. The van der Waals surface area contributed by atoms with E-state index >= 15 is 0 Å². The maximum Gasteiger partial charge on any atom is 0.0583 e. The van der Waals surface area contributed by atoms with E-state index in [2.05, 4.69) is 16.7 Å². The van der Waals surface area contributed by atoms with Crippen molar-refractivity contribution in [2.45, 2.75) is 44.3 Å². The first kappa shape index (κ1) is 12.3. The highest BCUT2D eigenvalue weighted by Crippen LogP contribution is 2.24. The zero-order chi connectivity index (χ0) is 11.5. The minimum absolute atomic E-state index is 0.0474. The molecule has 0 amide bonds. The number of hydrogen-bond donors (Lipinski definition) is 2. The largest absolute Gasteiger partial charge is 0.395 e. The Morgan fingerprint density at radius 1 is 1.44 bits per heavy atom. The molecule has 0 aromatic heterocycles. The van der Waals surface area contributed by atoms with Crippen LogP contribution >= 0.6 is 0 Å². The predicted octanol–water partition coefficient (Wildman–Crippen LogP) is -0.135. The maximum atomic E-state index is 8.93. The van der Waals surface area contributed by atoms with Crippen LogP contribution in [0.3, 0.4) is 0 Å². The molecule has 3 N–H and O–H groups in total. The van der Waals surface area contributed by atoms with E-state index in [1.54, 1.807) is 0 Å². The van der Waals surface area contributed by atoms with Crippen molar-refractivity contribution in [2.24, 2.45) is 5.73 Å². The second-order valence-electron chi connectivity index (χ2n) is 5.37. The zero-order valence-corrected chi connectivity index (χ0v) is 10.3. The Morgan fingerprint density at radius 2 is 2.25 bits per heavy atom. The van der Waals surface area contributed by atoms with Crippen molar-refractivity contribution in [2.75, 3.05) is 32.8 Å². The van der Waals surface area contributed by atoms with Gasteiger partial charge in [0.15, 0.2) is 0 Å². The van der Waals surface area contributed by atoms with Gasteiger partial charge in [-0.15, -0.1) is 0 Å². The molecule has 0 aliphatic carbocycles. The van der Waals surface area contributed by atoms with E-state index in [0.29, 0.717) is 6.04 Å². The van der Waals surface area contributed by atoms with Gasteiger partial charge in [0.25, 0.3) is 0 Å². The van der Waals surface area contributed by atoms with E-state index in [4.69, 9.17) is 10.8 Å². The molecule has 16 heavy (non-hydrogen) atoms. The molecule has 4 nitrogen and oxygen atoms in total. The fraction of sp³-hybridized carbons (Fsp3) is 1.00. The highest BCUT2D eigenvalue weighted by Gasteiger charge is 2.33. The molecule has 2 heterocycles. The highest BCUT2D eigenvalue weighted by atomic mass is 16.3. The average molecular weight is 227 g/mol. The van der Waals surface area contributed by atoms with Crippen LogP contribution in [0.5, 0.6) is 0 Å². The maximum absolute atomic E-state index is 8.93. The summed E-state index contributed by atoms with van der Waals surface area (Å²) in [6, 6.07) is 1.37. The van der Waals surface area contributed by atoms with Crippen molar-refractivity contribution in [3.8, 4) is 0 Å². The summed E-state index contributed by atoms with van der Waals surface area (Å²) >= 11 is 0. The minimum atomic E-state index is -0.0474. The quantitative estimate of drug-likeness (QED) is 0.702. The van der Waals surface area contributed by atoms with Crippen LogP contribution in [0.4, 0.5) is 0 Å². The fourth-order valence-electron chi connectivity index (χ4n) is 2.98. The van der Waals surface area contributed by atoms with Gasteiger partial charge >= 0.3 is 0 Å². The van der Waals surface area contributed by atoms with Gasteiger partial charge in [0.2, 0.25) is 0 Å². The van der Waals surface area contributed by atoms with Gasteiger partial charge in [-0.1, -0.05) is 0 Å². The predicted molar refractivity (Wildman–Crippen MR) is 65.3 cm³/mol. The Labute approximate surface area is 98.4 Å². The van der Waals surface area contributed by atoms with Gasteiger partial charge in [0, 0.05) is 37.8 Å². The Balaban J connectivity index is 1.80. The van der Waals surface area contributed by atoms with Crippen LogP contribution in [0.25, 0.3) is 0 Å². The summed E-state index contributed by atoms with van der Waals surface area (Å²) in [6.07, 6.45) is 3.63. The van der Waals surface area contributed by atoms with Crippen LogP contribution in [0, 0.1) is 0 Å². The number of piperazine rings is 1. The van der Waals surface area contributed by atoms with E-state index in [9.17, 15) is 0 Å². The normalized spacial score (nSPS) is 33.9. The van der Waals surface area contributed by atoms with E-state index in [1.807, 2.05) is 0 Å². The summed E-state index contributed by atoms with van der Waals surface area (Å²) in [5, 5.41) is 8.93. The molecule has 3 atom stereocenters. The number of nitrogens with zero attached hydrogens (tertiary/aromatic N) is 2. The molecule has 0 radical (unpaired) electrons. The molecule has 0 aromatic carbocycles. The van der Waals surface area contributed by atoms with E-state index in [0.717, 1.165) is 19.0 Å². The van der Waals surface area contributed by atoms with Crippen molar-refractivity contribution >= 4 is 0 Å². The summed E-state index contributed by atoms with van der Waals surface area (Å²) in [5.74, 6) is 0. The molecule has 3 unspecified atom stereocenters. The average Bonchev–Trinajstić information content (AvgIpc) is 2.72. The van der Waals surface area contributed by atoms with E-state index in [-0.39, 0.29) is 12.6 Å². The number of rotatable bonds is 4. The van der Waals surface area contributed by atoms with Crippen LogP contribution in [0.1, 0.15) is 26.2 Å². The number of hydrogen-bond acceptors (Lipinski definition) is 4. The molecule has 2 aliphatic heterocycles. The summed E-state index contributed by atoms with van der Waals surface area (Å²) in [6.45, 7) is 7.14. The summed E-state index contributed by atoms with van der Waals surface area (Å²) in [7, 11) is 0. The third kappa shape index (κ3) is 2.74. The van der Waals surface area contributed by atoms with Crippen molar-refractivity contribution in [3.63, 3.8) is 0 Å². The monoisotopic (exact) mass is 227 g/mol. The van der Waals surface area contributed by atoms with Crippen molar-refractivity contribution in [1.29, 1.82) is 0 Å². The van der Waals surface area contributed by atoms with Crippen LogP contribution in [-0.2, 0) is 0 Å². The zero-order valence-electron chi connectivity index (χ0n) is 10.3. The fourth-order valence-corrected chi connectivity index (χ4v) is 2.98. The lowest BCUT2D eigenvalue weighted by Crippen LogP contribution is -2.55. The van der Waals surface area contributed by atoms with Gasteiger partial charge in [-0.05, 0) is 32.7 Å². The van der Waals surface area contributed by atoms with Crippen LogP contribution in [-0.4, -0.2) is 65.8 Å². The smallest absolute Gasteiger partial charge is 0.0583 e. The molecule has 2 saturated heterocycles. The number of aliphatic hydroxyl groups excluding tert-OH is 1. The standard InChI is InChI=1S/C12H25N3O/c1-10-7-15-5-2-3-12(15)8-14(10)6-4-11(13)9-16/h10-12,16H,2-9,13H2,1H3. The Morgan fingerprint density at radius 3 is 3.00 bits per heavy atom. The van der Waals surface area contributed by atoms with Gasteiger partial charge in [-0.3, -0.25) is 9.80 Å². The van der Waals surface area contributed by atoms with E-state index in [1.165, 1.54) is 32.5 Å². The summed E-state index contributed by atoms with van der Waals surface area (Å²) in [4.78, 5) is 5.18. The Bertz CT molecular complexity index is 224. The van der Waals surface area contributed by atoms with Gasteiger partial charge < -0.3 is 10.8 Å². The lowest BCUT2D eigenvalue weighted by Gasteiger charge is -2.42. The first-order valence-corrected chi connectivity index (χ1v) is 6.55. The minimum Gasteiger partial charge on any atom is -0.395 e. The highest BCUT2D eigenvalue weighted by molar-refractivity contribution is 4.90.